The molecule has 0 amide bonds. The summed E-state index contributed by atoms with van der Waals surface area (Å²) in [5.74, 6) is 0.946. The zero-order valence-corrected chi connectivity index (χ0v) is 12.3. The fourth-order valence-corrected chi connectivity index (χ4v) is 3.07. The van der Waals surface area contributed by atoms with Gasteiger partial charge in [0.1, 0.15) is 0 Å². The lowest BCUT2D eigenvalue weighted by molar-refractivity contribution is 0.144. The van der Waals surface area contributed by atoms with Gasteiger partial charge in [-0.05, 0) is 13.8 Å². The first-order chi connectivity index (χ1) is 7.95. The van der Waals surface area contributed by atoms with Crippen LogP contribution >= 0.6 is 11.6 Å². The van der Waals surface area contributed by atoms with Crippen molar-refractivity contribution in [2.24, 2.45) is 0 Å². The molecule has 102 valence electrons. The van der Waals surface area contributed by atoms with Crippen LogP contribution in [0.2, 0.25) is 0 Å². The predicted molar refractivity (Wildman–Crippen MR) is 72.5 cm³/mol. The molecule has 0 unspecified atom stereocenters. The Bertz CT molecular complexity index is 311. The van der Waals surface area contributed by atoms with Crippen molar-refractivity contribution in [3.8, 4) is 0 Å². The zero-order valence-electron chi connectivity index (χ0n) is 10.7. The highest BCUT2D eigenvalue weighted by molar-refractivity contribution is 7.92. The van der Waals surface area contributed by atoms with Crippen molar-refractivity contribution < 1.29 is 8.42 Å². The van der Waals surface area contributed by atoms with E-state index in [1.165, 1.54) is 0 Å². The molecule has 0 aliphatic carbocycles. The highest BCUT2D eigenvalue weighted by Gasteiger charge is 2.20. The number of hydrogen-bond acceptors (Lipinski definition) is 4. The van der Waals surface area contributed by atoms with Crippen molar-refractivity contribution in [1.82, 2.24) is 9.80 Å². The zero-order chi connectivity index (χ0) is 12.9. The number of piperazine rings is 1. The molecule has 1 aliphatic heterocycles. The van der Waals surface area contributed by atoms with Crippen LogP contribution in [-0.4, -0.2) is 74.4 Å². The van der Waals surface area contributed by atoms with E-state index in [-0.39, 0.29) is 11.0 Å². The van der Waals surface area contributed by atoms with Gasteiger partial charge in [-0.25, -0.2) is 8.42 Å². The molecular formula is C11H23ClN2O2S. The van der Waals surface area contributed by atoms with Gasteiger partial charge in [0, 0.05) is 45.1 Å². The summed E-state index contributed by atoms with van der Waals surface area (Å²) in [6, 6.07) is 0. The third-order valence-corrected chi connectivity index (χ3v) is 5.63. The lowest BCUT2D eigenvalue weighted by Gasteiger charge is -2.34. The fourth-order valence-electron chi connectivity index (χ4n) is 1.85. The second kappa shape index (κ2) is 6.92. The van der Waals surface area contributed by atoms with Gasteiger partial charge in [-0.3, -0.25) is 9.80 Å². The van der Waals surface area contributed by atoms with Gasteiger partial charge in [0.2, 0.25) is 0 Å². The van der Waals surface area contributed by atoms with Crippen molar-refractivity contribution in [3.63, 3.8) is 0 Å². The molecule has 0 saturated carbocycles. The van der Waals surface area contributed by atoms with Crippen LogP contribution in [0.5, 0.6) is 0 Å². The maximum absolute atomic E-state index is 11.7. The van der Waals surface area contributed by atoms with Crippen molar-refractivity contribution in [2.45, 2.75) is 19.1 Å². The Morgan fingerprint density at radius 1 is 1.06 bits per heavy atom. The standard InChI is InChI=1S/C11H23ClN2O2S/c1-11(2)17(15,16)10-9-14-7-5-13(4-3-12)6-8-14/h11H,3-10H2,1-2H3. The molecule has 0 aromatic rings. The molecule has 0 spiro atoms. The number of sulfone groups is 1. The van der Waals surface area contributed by atoms with E-state index in [1.54, 1.807) is 13.8 Å². The van der Waals surface area contributed by atoms with Crippen molar-refractivity contribution in [2.75, 3.05) is 50.9 Å². The summed E-state index contributed by atoms with van der Waals surface area (Å²) in [7, 11) is -2.90. The SMILES string of the molecule is CC(C)S(=O)(=O)CCN1CCN(CCCl)CC1. The average molecular weight is 283 g/mol. The molecule has 6 heteroatoms. The summed E-state index contributed by atoms with van der Waals surface area (Å²) < 4.78 is 23.4. The first kappa shape index (κ1) is 15.2. The summed E-state index contributed by atoms with van der Waals surface area (Å²) in [4.78, 5) is 4.55. The molecule has 4 nitrogen and oxygen atoms in total. The molecule has 1 heterocycles. The molecule has 17 heavy (non-hydrogen) atoms. The highest BCUT2D eigenvalue weighted by Crippen LogP contribution is 2.05. The van der Waals surface area contributed by atoms with Crippen LogP contribution in [0.25, 0.3) is 0 Å². The van der Waals surface area contributed by atoms with E-state index in [0.29, 0.717) is 12.4 Å². The van der Waals surface area contributed by atoms with Crippen LogP contribution in [0.15, 0.2) is 0 Å². The summed E-state index contributed by atoms with van der Waals surface area (Å²) in [6.07, 6.45) is 0. The number of alkyl halides is 1. The molecular weight excluding hydrogens is 260 g/mol. The summed E-state index contributed by atoms with van der Waals surface area (Å²) in [6.45, 7) is 8.97. The van der Waals surface area contributed by atoms with E-state index >= 15 is 0 Å². The largest absolute Gasteiger partial charge is 0.300 e. The van der Waals surface area contributed by atoms with Crippen molar-refractivity contribution >= 4 is 21.4 Å². The van der Waals surface area contributed by atoms with E-state index in [0.717, 1.165) is 32.7 Å². The molecule has 0 aromatic heterocycles. The summed E-state index contributed by atoms with van der Waals surface area (Å²) in [5, 5.41) is -0.264. The van der Waals surface area contributed by atoms with E-state index in [9.17, 15) is 8.42 Å². The average Bonchev–Trinajstić information content (AvgIpc) is 2.28. The van der Waals surface area contributed by atoms with Crippen molar-refractivity contribution in [3.05, 3.63) is 0 Å². The van der Waals surface area contributed by atoms with Gasteiger partial charge in [-0.2, -0.15) is 0 Å². The molecule has 0 atom stereocenters. The minimum Gasteiger partial charge on any atom is -0.300 e. The number of nitrogens with zero attached hydrogens (tertiary/aromatic N) is 2. The fraction of sp³-hybridized carbons (Fsp3) is 1.00. The van der Waals surface area contributed by atoms with Gasteiger partial charge in [-0.15, -0.1) is 11.6 Å². The Morgan fingerprint density at radius 3 is 1.94 bits per heavy atom. The van der Waals surface area contributed by atoms with Crippen LogP contribution in [-0.2, 0) is 9.84 Å². The van der Waals surface area contributed by atoms with Gasteiger partial charge in [0.25, 0.3) is 0 Å². The molecule has 1 saturated heterocycles. The monoisotopic (exact) mass is 282 g/mol. The quantitative estimate of drug-likeness (QED) is 0.672. The van der Waals surface area contributed by atoms with Crippen LogP contribution < -0.4 is 0 Å². The van der Waals surface area contributed by atoms with E-state index in [4.69, 9.17) is 11.6 Å². The van der Waals surface area contributed by atoms with E-state index < -0.39 is 9.84 Å². The van der Waals surface area contributed by atoms with Crippen LogP contribution in [0.3, 0.4) is 0 Å². The second-order valence-electron chi connectivity index (χ2n) is 4.79. The molecule has 1 rings (SSSR count). The summed E-state index contributed by atoms with van der Waals surface area (Å²) >= 11 is 5.69. The third-order valence-electron chi connectivity index (χ3n) is 3.28. The molecule has 0 N–H and O–H groups in total. The first-order valence-corrected chi connectivity index (χ1v) is 8.43. The predicted octanol–water partition coefficient (Wildman–Crippen LogP) is 0.666. The Hall–Kier alpha value is 0.160. The van der Waals surface area contributed by atoms with E-state index in [2.05, 4.69) is 9.80 Å². The molecule has 0 aromatic carbocycles. The molecule has 0 bridgehead atoms. The molecule has 1 aliphatic rings. The molecule has 0 radical (unpaired) electrons. The minimum absolute atomic E-state index is 0.264. The normalized spacial score (nSPS) is 20.0. The van der Waals surface area contributed by atoms with Crippen molar-refractivity contribution in [1.29, 1.82) is 0 Å². The lowest BCUT2D eigenvalue weighted by atomic mass is 10.3. The first-order valence-electron chi connectivity index (χ1n) is 6.18. The number of hydrogen-bond donors (Lipinski definition) is 0. The Kier molecular flexibility index (Phi) is 6.20. The van der Waals surface area contributed by atoms with E-state index in [1.807, 2.05) is 0 Å². The molecule has 1 fully saturated rings. The summed E-state index contributed by atoms with van der Waals surface area (Å²) in [5.41, 5.74) is 0. The minimum atomic E-state index is -2.90. The van der Waals surface area contributed by atoms with Gasteiger partial charge in [0.05, 0.1) is 11.0 Å². The Morgan fingerprint density at radius 2 is 1.53 bits per heavy atom. The van der Waals surface area contributed by atoms with Crippen LogP contribution in [0.1, 0.15) is 13.8 Å². The van der Waals surface area contributed by atoms with Crippen LogP contribution in [0.4, 0.5) is 0 Å². The number of halogens is 1. The maximum Gasteiger partial charge on any atom is 0.153 e. The second-order valence-corrected chi connectivity index (χ2v) is 7.84. The van der Waals surface area contributed by atoms with Gasteiger partial charge >= 0.3 is 0 Å². The lowest BCUT2D eigenvalue weighted by Crippen LogP contribution is -2.48. The van der Waals surface area contributed by atoms with Gasteiger partial charge in [-0.1, -0.05) is 0 Å². The van der Waals surface area contributed by atoms with Gasteiger partial charge in [0.15, 0.2) is 9.84 Å². The Balaban J connectivity index is 2.27. The number of rotatable bonds is 6. The topological polar surface area (TPSA) is 40.6 Å². The van der Waals surface area contributed by atoms with Gasteiger partial charge < -0.3 is 0 Å². The third kappa shape index (κ3) is 5.12. The highest BCUT2D eigenvalue weighted by atomic mass is 35.5. The smallest absolute Gasteiger partial charge is 0.153 e. The maximum atomic E-state index is 11.7. The Labute approximate surface area is 110 Å². The van der Waals surface area contributed by atoms with Crippen LogP contribution in [0, 0.1) is 0 Å².